The van der Waals surface area contributed by atoms with E-state index in [1.807, 2.05) is 6.07 Å². The first-order chi connectivity index (χ1) is 13.0. The van der Waals surface area contributed by atoms with Crippen LogP contribution in [-0.2, 0) is 14.3 Å². The van der Waals surface area contributed by atoms with Gasteiger partial charge in [-0.25, -0.2) is 4.79 Å². The van der Waals surface area contributed by atoms with Crippen LogP contribution in [0.5, 0.6) is 0 Å². The van der Waals surface area contributed by atoms with Gasteiger partial charge in [0.25, 0.3) is 0 Å². The normalized spacial score (nSPS) is 17.3. The van der Waals surface area contributed by atoms with Crippen LogP contribution in [0.1, 0.15) is 22.3 Å². The average Bonchev–Trinajstić information content (AvgIpc) is 3.49. The van der Waals surface area contributed by atoms with Gasteiger partial charge in [0, 0.05) is 11.4 Å². The number of methoxy groups -OCH3 is 1. The highest BCUT2D eigenvalue weighted by molar-refractivity contribution is 6.03. The first-order valence-corrected chi connectivity index (χ1v) is 8.32. The second-order valence-corrected chi connectivity index (χ2v) is 6.19. The summed E-state index contributed by atoms with van der Waals surface area (Å²) in [7, 11) is 1.29. The van der Waals surface area contributed by atoms with Crippen molar-refractivity contribution in [2.75, 3.05) is 17.7 Å². The minimum absolute atomic E-state index is 0.256. The molecule has 7 nitrogen and oxygen atoms in total. The standard InChI is InChI=1S/C20H17N3O4/c1-27-20(26)13-5-3-7-15(9-13)23-19(25)17-10-16(17)18(24)22-14-6-2-4-12(8-14)11-21/h2-9,16-17H,10H2,1H3,(H,22,24)(H,23,25). The van der Waals surface area contributed by atoms with Crippen molar-refractivity contribution >= 4 is 29.2 Å². The van der Waals surface area contributed by atoms with Crippen molar-refractivity contribution in [1.82, 2.24) is 0 Å². The maximum Gasteiger partial charge on any atom is 0.337 e. The highest BCUT2D eigenvalue weighted by Gasteiger charge is 2.48. The molecule has 0 spiro atoms. The quantitative estimate of drug-likeness (QED) is 0.794. The molecule has 0 bridgehead atoms. The van der Waals surface area contributed by atoms with E-state index in [0.29, 0.717) is 28.9 Å². The highest BCUT2D eigenvalue weighted by Crippen LogP contribution is 2.40. The van der Waals surface area contributed by atoms with E-state index in [-0.39, 0.29) is 11.8 Å². The molecule has 0 aliphatic heterocycles. The Kier molecular flexibility index (Phi) is 5.18. The molecule has 1 aliphatic rings. The molecule has 1 fully saturated rings. The number of nitrogens with zero attached hydrogens (tertiary/aromatic N) is 1. The maximum absolute atomic E-state index is 12.3. The minimum atomic E-state index is -0.491. The van der Waals surface area contributed by atoms with Gasteiger partial charge in [-0.15, -0.1) is 0 Å². The summed E-state index contributed by atoms with van der Waals surface area (Å²) in [5, 5.41) is 14.3. The lowest BCUT2D eigenvalue weighted by atomic mass is 10.2. The summed E-state index contributed by atoms with van der Waals surface area (Å²) < 4.78 is 4.65. The van der Waals surface area contributed by atoms with Crippen LogP contribution in [0.25, 0.3) is 0 Å². The van der Waals surface area contributed by atoms with Crippen molar-refractivity contribution in [1.29, 1.82) is 5.26 Å². The first kappa shape index (κ1) is 18.1. The van der Waals surface area contributed by atoms with E-state index in [1.54, 1.807) is 42.5 Å². The van der Waals surface area contributed by atoms with Gasteiger partial charge in [-0.05, 0) is 42.8 Å². The number of ether oxygens (including phenoxy) is 1. The fourth-order valence-electron chi connectivity index (χ4n) is 2.75. The molecule has 2 aromatic rings. The van der Waals surface area contributed by atoms with Gasteiger partial charge in [0.1, 0.15) is 0 Å². The number of anilines is 2. The van der Waals surface area contributed by atoms with Crippen molar-refractivity contribution in [3.63, 3.8) is 0 Å². The topological polar surface area (TPSA) is 108 Å². The third-order valence-electron chi connectivity index (χ3n) is 4.27. The lowest BCUT2D eigenvalue weighted by Crippen LogP contribution is -2.20. The van der Waals surface area contributed by atoms with Crippen molar-refractivity contribution in [2.24, 2.45) is 11.8 Å². The molecule has 2 amide bonds. The highest BCUT2D eigenvalue weighted by atomic mass is 16.5. The fourth-order valence-corrected chi connectivity index (χ4v) is 2.75. The van der Waals surface area contributed by atoms with Crippen LogP contribution in [0, 0.1) is 23.2 Å². The van der Waals surface area contributed by atoms with Gasteiger partial charge in [-0.3, -0.25) is 9.59 Å². The number of nitriles is 1. The van der Waals surface area contributed by atoms with Crippen LogP contribution in [0.3, 0.4) is 0 Å². The zero-order valence-electron chi connectivity index (χ0n) is 14.6. The average molecular weight is 363 g/mol. The molecule has 7 heteroatoms. The molecule has 1 saturated carbocycles. The van der Waals surface area contributed by atoms with E-state index < -0.39 is 17.8 Å². The molecule has 2 aromatic carbocycles. The van der Waals surface area contributed by atoms with Crippen molar-refractivity contribution in [3.8, 4) is 6.07 Å². The van der Waals surface area contributed by atoms with Crippen molar-refractivity contribution in [3.05, 3.63) is 59.7 Å². The Morgan fingerprint density at radius 2 is 1.59 bits per heavy atom. The van der Waals surface area contributed by atoms with E-state index in [0.717, 1.165) is 0 Å². The SMILES string of the molecule is COC(=O)c1cccc(NC(=O)C2CC2C(=O)Nc2cccc(C#N)c2)c1. The first-order valence-electron chi connectivity index (χ1n) is 8.32. The molecular weight excluding hydrogens is 346 g/mol. The Morgan fingerprint density at radius 1 is 1.00 bits per heavy atom. The third-order valence-corrected chi connectivity index (χ3v) is 4.27. The number of carbonyl (C=O) groups excluding carboxylic acids is 3. The van der Waals surface area contributed by atoms with Crippen LogP contribution in [0.15, 0.2) is 48.5 Å². The molecular formula is C20H17N3O4. The Morgan fingerprint density at radius 3 is 2.19 bits per heavy atom. The van der Waals surface area contributed by atoms with Crippen LogP contribution >= 0.6 is 0 Å². The lowest BCUT2D eigenvalue weighted by Gasteiger charge is -2.07. The zero-order chi connectivity index (χ0) is 19.4. The summed E-state index contributed by atoms with van der Waals surface area (Å²) in [4.78, 5) is 36.2. The Bertz CT molecular complexity index is 948. The Hall–Kier alpha value is -3.66. The summed E-state index contributed by atoms with van der Waals surface area (Å²) in [6, 6.07) is 15.0. The number of rotatable bonds is 5. The van der Waals surface area contributed by atoms with Gasteiger partial charge in [-0.1, -0.05) is 12.1 Å². The van der Waals surface area contributed by atoms with Crippen LogP contribution in [0.4, 0.5) is 11.4 Å². The van der Waals surface area contributed by atoms with Gasteiger partial charge >= 0.3 is 5.97 Å². The smallest absolute Gasteiger partial charge is 0.337 e. The fraction of sp³-hybridized carbons (Fsp3) is 0.200. The molecule has 2 unspecified atom stereocenters. The molecule has 2 N–H and O–H groups in total. The number of esters is 1. The van der Waals surface area contributed by atoms with Gasteiger partial charge < -0.3 is 15.4 Å². The van der Waals surface area contributed by atoms with E-state index in [1.165, 1.54) is 13.2 Å². The monoisotopic (exact) mass is 363 g/mol. The number of hydrogen-bond donors (Lipinski definition) is 2. The largest absolute Gasteiger partial charge is 0.465 e. The number of benzene rings is 2. The minimum Gasteiger partial charge on any atom is -0.465 e. The second-order valence-electron chi connectivity index (χ2n) is 6.19. The molecule has 0 saturated heterocycles. The lowest BCUT2D eigenvalue weighted by molar-refractivity contribution is -0.122. The van der Waals surface area contributed by atoms with Gasteiger partial charge in [0.2, 0.25) is 11.8 Å². The summed E-state index contributed by atoms with van der Waals surface area (Å²) >= 11 is 0. The molecule has 0 heterocycles. The summed E-state index contributed by atoms with van der Waals surface area (Å²) in [6.07, 6.45) is 0.451. The van der Waals surface area contributed by atoms with Gasteiger partial charge in [0.15, 0.2) is 0 Å². The van der Waals surface area contributed by atoms with E-state index in [9.17, 15) is 14.4 Å². The van der Waals surface area contributed by atoms with E-state index in [4.69, 9.17) is 5.26 Å². The third kappa shape index (κ3) is 4.30. The number of hydrogen-bond acceptors (Lipinski definition) is 5. The predicted molar refractivity (Wildman–Crippen MR) is 97.8 cm³/mol. The van der Waals surface area contributed by atoms with Gasteiger partial charge in [0.05, 0.1) is 36.1 Å². The van der Waals surface area contributed by atoms with E-state index >= 15 is 0 Å². The van der Waals surface area contributed by atoms with Crippen LogP contribution in [0.2, 0.25) is 0 Å². The molecule has 3 rings (SSSR count). The van der Waals surface area contributed by atoms with Crippen molar-refractivity contribution < 1.29 is 19.1 Å². The zero-order valence-corrected chi connectivity index (χ0v) is 14.6. The molecule has 136 valence electrons. The summed E-state index contributed by atoms with van der Waals surface area (Å²) in [6.45, 7) is 0. The number of carbonyl (C=O) groups is 3. The predicted octanol–water partition coefficient (Wildman–Crippen LogP) is 2.56. The number of nitrogens with one attached hydrogen (secondary N) is 2. The maximum atomic E-state index is 12.3. The number of amides is 2. The van der Waals surface area contributed by atoms with Crippen LogP contribution < -0.4 is 10.6 Å². The molecule has 27 heavy (non-hydrogen) atoms. The molecule has 0 aromatic heterocycles. The van der Waals surface area contributed by atoms with Crippen molar-refractivity contribution in [2.45, 2.75) is 6.42 Å². The van der Waals surface area contributed by atoms with Crippen LogP contribution in [-0.4, -0.2) is 24.9 Å². The van der Waals surface area contributed by atoms with Gasteiger partial charge in [-0.2, -0.15) is 5.26 Å². The Labute approximate surface area is 155 Å². The molecule has 1 aliphatic carbocycles. The summed E-state index contributed by atoms with van der Waals surface area (Å²) in [5.41, 5.74) is 1.77. The summed E-state index contributed by atoms with van der Waals surface area (Å²) in [5.74, 6) is -1.86. The Balaban J connectivity index is 1.58. The second kappa shape index (κ2) is 7.70. The molecule has 2 atom stereocenters. The van der Waals surface area contributed by atoms with E-state index in [2.05, 4.69) is 15.4 Å². The molecule has 0 radical (unpaired) electrons.